The van der Waals surface area contributed by atoms with Gasteiger partial charge in [0.15, 0.2) is 0 Å². The second-order valence-corrected chi connectivity index (χ2v) is 19.5. The van der Waals surface area contributed by atoms with Crippen LogP contribution in [0.3, 0.4) is 0 Å². The van der Waals surface area contributed by atoms with Crippen molar-refractivity contribution in [3.8, 4) is 39.9 Å². The topological polar surface area (TPSA) is 43.6 Å². The fourth-order valence-electron chi connectivity index (χ4n) is 9.25. The molecule has 9 aromatic rings. The van der Waals surface area contributed by atoms with E-state index in [4.69, 9.17) is 15.0 Å². The third kappa shape index (κ3) is 6.04. The van der Waals surface area contributed by atoms with E-state index in [1.165, 1.54) is 31.5 Å². The van der Waals surface area contributed by atoms with Gasteiger partial charge in [-0.1, -0.05) is 36.4 Å². The van der Waals surface area contributed by atoms with E-state index in [0.717, 1.165) is 39.8 Å². The van der Waals surface area contributed by atoms with Gasteiger partial charge in [0.05, 0.1) is 0 Å². The number of nitrogens with zero attached hydrogens (tertiary/aromatic N) is 4. The standard InChI is InChI=1S/C52H41N4Si/c1-37-19-11-16-34-49(37)57(42-25-7-3-8-26-42,43-27-9-4-10-28-43)44-29-18-23-40(36-44)52-54-50(38-20-5-2-6-21-38)53-51(55-52)39-22-17-24-41(35-39)56-47-32-14-12-30-45(47)46-31-13-15-33-48(46)56/h2-18,20-37,57H,19H2,1H3/q-1. The number of fused-ring (bicyclic) bond motifs is 3. The molecule has 1 atom stereocenters. The van der Waals surface area contributed by atoms with Gasteiger partial charge >= 0.3 is 299 Å². The fraction of sp³-hybridized carbons (Fsp3) is 0.0577. The summed E-state index contributed by atoms with van der Waals surface area (Å²) >= 11 is 0. The van der Waals surface area contributed by atoms with Gasteiger partial charge in [-0.2, -0.15) is 0 Å². The van der Waals surface area contributed by atoms with Crippen LogP contribution >= 0.6 is 0 Å². The fourth-order valence-corrected chi connectivity index (χ4v) is 15.4. The average Bonchev–Trinajstić information content (AvgIpc) is 3.63. The Morgan fingerprint density at radius 2 is 0.947 bits per heavy atom. The van der Waals surface area contributed by atoms with Gasteiger partial charge in [-0.05, 0) is 0 Å². The Kier molecular flexibility index (Phi) is 8.85. The Morgan fingerprint density at radius 1 is 0.474 bits per heavy atom. The molecule has 2 heterocycles. The van der Waals surface area contributed by atoms with E-state index in [1.54, 1.807) is 0 Å². The average molecular weight is 750 g/mol. The zero-order valence-electron chi connectivity index (χ0n) is 31.8. The van der Waals surface area contributed by atoms with E-state index in [2.05, 4.69) is 200 Å². The first kappa shape index (κ1) is 34.5. The molecular weight excluding hydrogens is 709 g/mol. The van der Waals surface area contributed by atoms with Gasteiger partial charge in [0, 0.05) is 0 Å². The van der Waals surface area contributed by atoms with Crippen LogP contribution in [0.15, 0.2) is 211 Å². The number of aromatic nitrogens is 4. The van der Waals surface area contributed by atoms with Crippen LogP contribution in [-0.4, -0.2) is 27.6 Å². The van der Waals surface area contributed by atoms with E-state index in [1.807, 2.05) is 18.2 Å². The van der Waals surface area contributed by atoms with Crippen molar-refractivity contribution in [1.29, 1.82) is 0 Å². The van der Waals surface area contributed by atoms with Crippen LogP contribution in [-0.2, 0) is 0 Å². The Labute approximate surface area is 334 Å². The quantitative estimate of drug-likeness (QED) is 0.115. The van der Waals surface area contributed by atoms with Gasteiger partial charge in [0.25, 0.3) is 0 Å². The molecule has 274 valence electrons. The van der Waals surface area contributed by atoms with Crippen LogP contribution in [0.25, 0.3) is 61.7 Å². The number of para-hydroxylation sites is 2. The molecule has 0 N–H and O–H groups in total. The summed E-state index contributed by atoms with van der Waals surface area (Å²) in [5.41, 5.74) is 6.24. The van der Waals surface area contributed by atoms with Crippen LogP contribution in [0, 0.1) is 5.92 Å². The molecule has 0 radical (unpaired) electrons. The summed E-state index contributed by atoms with van der Waals surface area (Å²) in [4.78, 5) is 15.7. The maximum atomic E-state index is 5.30. The summed E-state index contributed by atoms with van der Waals surface area (Å²) in [6.07, 6.45) is 8.00. The second kappa shape index (κ2) is 14.6. The molecule has 5 heteroatoms. The van der Waals surface area contributed by atoms with Gasteiger partial charge in [-0.3, -0.25) is 0 Å². The van der Waals surface area contributed by atoms with E-state index < -0.39 is 8.07 Å². The van der Waals surface area contributed by atoms with Crippen molar-refractivity contribution in [3.63, 3.8) is 0 Å². The molecule has 7 aromatic carbocycles. The van der Waals surface area contributed by atoms with Crippen LogP contribution in [0.1, 0.15) is 13.3 Å². The number of hydrogen-bond acceptors (Lipinski definition) is 3. The minimum absolute atomic E-state index is 0.402. The Hall–Kier alpha value is -6.95. The molecular formula is C52H41N4Si-. The molecule has 1 aliphatic rings. The Balaban J connectivity index is 1.18. The van der Waals surface area contributed by atoms with Crippen molar-refractivity contribution in [2.45, 2.75) is 13.3 Å². The maximum absolute atomic E-state index is 5.30. The summed E-state index contributed by atoms with van der Waals surface area (Å²) in [5, 5.41) is 8.11. The molecule has 0 fully saturated rings. The number of benzene rings is 7. The first-order valence-corrected chi connectivity index (χ1v) is 22.1. The second-order valence-electron chi connectivity index (χ2n) is 15.1. The third-order valence-corrected chi connectivity index (χ3v) is 17.7. The van der Waals surface area contributed by atoms with Crippen LogP contribution in [0.5, 0.6) is 0 Å². The van der Waals surface area contributed by atoms with Gasteiger partial charge in [-0.15, -0.1) is 0 Å². The van der Waals surface area contributed by atoms with E-state index >= 15 is 0 Å². The van der Waals surface area contributed by atoms with Gasteiger partial charge in [0.2, 0.25) is 0 Å². The SMILES string of the molecule is CC1CC=CC=C1[SiH-](c1ccccc1)(c1ccccc1)c1cccc(-c2nc(-c3ccccc3)nc(-c3cccc(-n4c5ccccc5c5ccccc54)c3)n2)c1. The summed E-state index contributed by atoms with van der Waals surface area (Å²) in [6, 6.07) is 67.5. The zero-order valence-corrected chi connectivity index (χ0v) is 32.9. The predicted octanol–water partition coefficient (Wildman–Crippen LogP) is 10.2. The van der Waals surface area contributed by atoms with Crippen molar-refractivity contribution in [2.75, 3.05) is 0 Å². The van der Waals surface area contributed by atoms with Crippen LogP contribution in [0.2, 0.25) is 0 Å². The van der Waals surface area contributed by atoms with Crippen molar-refractivity contribution >= 4 is 45.4 Å². The minimum atomic E-state index is -3.19. The van der Waals surface area contributed by atoms with Gasteiger partial charge in [0.1, 0.15) is 0 Å². The van der Waals surface area contributed by atoms with E-state index in [9.17, 15) is 0 Å². The van der Waals surface area contributed by atoms with Crippen LogP contribution in [0.4, 0.5) is 0 Å². The molecule has 1 unspecified atom stereocenters. The molecule has 0 saturated heterocycles. The summed E-state index contributed by atoms with van der Waals surface area (Å²) in [7, 11) is -3.19. The van der Waals surface area contributed by atoms with E-state index in [0.29, 0.717) is 23.4 Å². The normalized spacial score (nSPS) is 14.5. The third-order valence-electron chi connectivity index (χ3n) is 11.8. The van der Waals surface area contributed by atoms with Crippen molar-refractivity contribution in [3.05, 3.63) is 211 Å². The molecule has 2 aromatic heterocycles. The Bertz CT molecular complexity index is 2860. The van der Waals surface area contributed by atoms with Crippen molar-refractivity contribution in [2.24, 2.45) is 5.92 Å². The zero-order chi connectivity index (χ0) is 38.2. The van der Waals surface area contributed by atoms with E-state index in [-0.39, 0.29) is 0 Å². The monoisotopic (exact) mass is 749 g/mol. The molecule has 10 rings (SSSR count). The van der Waals surface area contributed by atoms with Gasteiger partial charge < -0.3 is 0 Å². The molecule has 1 aliphatic carbocycles. The molecule has 0 amide bonds. The predicted molar refractivity (Wildman–Crippen MR) is 240 cm³/mol. The molecule has 0 saturated carbocycles. The summed E-state index contributed by atoms with van der Waals surface area (Å²) < 4.78 is 2.34. The molecule has 0 bridgehead atoms. The molecule has 4 nitrogen and oxygen atoms in total. The molecule has 0 spiro atoms. The van der Waals surface area contributed by atoms with Gasteiger partial charge in [-0.25, -0.2) is 0 Å². The number of hydrogen-bond donors (Lipinski definition) is 0. The van der Waals surface area contributed by atoms with Crippen molar-refractivity contribution < 1.29 is 0 Å². The van der Waals surface area contributed by atoms with Crippen LogP contribution < -0.4 is 15.6 Å². The van der Waals surface area contributed by atoms with Crippen molar-refractivity contribution in [1.82, 2.24) is 19.5 Å². The molecule has 57 heavy (non-hydrogen) atoms. The summed E-state index contributed by atoms with van der Waals surface area (Å²) in [6.45, 7) is 2.39. The summed E-state index contributed by atoms with van der Waals surface area (Å²) in [5.74, 6) is 2.34. The molecule has 0 aliphatic heterocycles. The number of allylic oxidation sites excluding steroid dienone is 4. The number of rotatable bonds is 8. The Morgan fingerprint density at radius 3 is 1.54 bits per heavy atom. The first-order valence-electron chi connectivity index (χ1n) is 19.8. The first-order chi connectivity index (χ1) is 28.2.